The Morgan fingerprint density at radius 1 is 1.13 bits per heavy atom. The van der Waals surface area contributed by atoms with E-state index >= 15 is 0 Å². The largest absolute Gasteiger partial charge is 0.491 e. The van der Waals surface area contributed by atoms with Crippen molar-refractivity contribution in [1.82, 2.24) is 25.0 Å². The number of carbonyl (C=O) groups excluding carboxylic acids is 1. The Morgan fingerprint density at radius 2 is 1.84 bits per heavy atom. The minimum absolute atomic E-state index is 0.265. The Kier molecular flexibility index (Phi) is 7.00. The molecule has 0 saturated heterocycles. The van der Waals surface area contributed by atoms with Crippen LogP contribution in [-0.4, -0.2) is 48.3 Å². The molecule has 11 heteroatoms. The molecular weight excluding hydrogens is 422 g/mol. The summed E-state index contributed by atoms with van der Waals surface area (Å²) < 4.78 is 35.2. The van der Waals surface area contributed by atoms with Gasteiger partial charge in [-0.25, -0.2) is 23.6 Å². The van der Waals surface area contributed by atoms with E-state index in [0.29, 0.717) is 11.3 Å². The molecule has 1 atom stereocenters. The lowest BCUT2D eigenvalue weighted by Crippen LogP contribution is -2.60. The summed E-state index contributed by atoms with van der Waals surface area (Å²) in [6.45, 7) is 1.16. The Bertz CT molecular complexity index is 1090. The maximum Gasteiger partial charge on any atom is 0.268 e. The lowest BCUT2D eigenvalue weighted by molar-refractivity contribution is -0.138. The van der Waals surface area contributed by atoms with Crippen molar-refractivity contribution in [2.75, 3.05) is 13.7 Å². The first-order chi connectivity index (χ1) is 14.8. The summed E-state index contributed by atoms with van der Waals surface area (Å²) in [5, 5.41) is 4.04. The standard InChI is InChI=1S/C20H23N5O5S/c1-20(19(26)23-29-2,24-31(27,28)12-16-6-4-3-5-7-16)13-30-18-10-8-17(9-11-18)25-15-21-14-22-25/h3-11,14-15,24H,12-13H2,1-2H3,(H,23,26). The Hall–Kier alpha value is -3.28. The first kappa shape index (κ1) is 22.4. The first-order valence-electron chi connectivity index (χ1n) is 9.28. The molecule has 1 aromatic heterocycles. The lowest BCUT2D eigenvalue weighted by atomic mass is 10.1. The molecule has 0 spiro atoms. The number of hydrogen-bond acceptors (Lipinski definition) is 7. The van der Waals surface area contributed by atoms with Gasteiger partial charge in [0.2, 0.25) is 10.0 Å². The first-order valence-corrected chi connectivity index (χ1v) is 10.9. The van der Waals surface area contributed by atoms with E-state index in [1.54, 1.807) is 65.6 Å². The van der Waals surface area contributed by atoms with Crippen LogP contribution in [0.25, 0.3) is 5.69 Å². The van der Waals surface area contributed by atoms with Gasteiger partial charge in [-0.05, 0) is 36.8 Å². The molecule has 3 rings (SSSR count). The maximum atomic E-state index is 12.7. The van der Waals surface area contributed by atoms with Crippen molar-refractivity contribution in [1.29, 1.82) is 0 Å². The van der Waals surface area contributed by atoms with Gasteiger partial charge in [0.25, 0.3) is 5.91 Å². The molecule has 0 radical (unpaired) electrons. The number of aromatic nitrogens is 3. The molecule has 0 saturated carbocycles. The van der Waals surface area contributed by atoms with Crippen molar-refractivity contribution >= 4 is 15.9 Å². The van der Waals surface area contributed by atoms with Crippen molar-refractivity contribution in [2.45, 2.75) is 18.2 Å². The van der Waals surface area contributed by atoms with Crippen LogP contribution in [0.4, 0.5) is 0 Å². The number of benzene rings is 2. The molecule has 10 nitrogen and oxygen atoms in total. The molecule has 2 aromatic carbocycles. The zero-order valence-electron chi connectivity index (χ0n) is 17.1. The van der Waals surface area contributed by atoms with Crippen LogP contribution in [0.1, 0.15) is 12.5 Å². The Labute approximate surface area is 180 Å². The van der Waals surface area contributed by atoms with Crippen LogP contribution < -0.4 is 14.9 Å². The average molecular weight is 446 g/mol. The van der Waals surface area contributed by atoms with Crippen molar-refractivity contribution < 1.29 is 22.8 Å². The van der Waals surface area contributed by atoms with Gasteiger partial charge in [-0.15, -0.1) is 0 Å². The number of hydrogen-bond donors (Lipinski definition) is 2. The molecule has 0 bridgehead atoms. The van der Waals surface area contributed by atoms with Gasteiger partial charge >= 0.3 is 0 Å². The van der Waals surface area contributed by atoms with Crippen molar-refractivity contribution in [3.63, 3.8) is 0 Å². The summed E-state index contributed by atoms with van der Waals surface area (Å²) in [7, 11) is -2.60. The van der Waals surface area contributed by atoms with E-state index in [0.717, 1.165) is 5.69 Å². The summed E-state index contributed by atoms with van der Waals surface area (Å²) >= 11 is 0. The summed E-state index contributed by atoms with van der Waals surface area (Å²) in [5.41, 5.74) is 1.92. The molecule has 0 aliphatic heterocycles. The van der Waals surface area contributed by atoms with Crippen LogP contribution in [0.5, 0.6) is 5.75 Å². The highest BCUT2D eigenvalue weighted by atomic mass is 32.2. The van der Waals surface area contributed by atoms with Crippen LogP contribution in [0.2, 0.25) is 0 Å². The highest BCUT2D eigenvalue weighted by Gasteiger charge is 2.38. The van der Waals surface area contributed by atoms with Gasteiger partial charge in [0.15, 0.2) is 0 Å². The quantitative estimate of drug-likeness (QED) is 0.449. The smallest absolute Gasteiger partial charge is 0.268 e. The highest BCUT2D eigenvalue weighted by Crippen LogP contribution is 2.18. The van der Waals surface area contributed by atoms with E-state index in [9.17, 15) is 13.2 Å². The minimum Gasteiger partial charge on any atom is -0.491 e. The van der Waals surface area contributed by atoms with Crippen molar-refractivity contribution in [3.8, 4) is 11.4 Å². The van der Waals surface area contributed by atoms with Gasteiger partial charge in [-0.3, -0.25) is 9.63 Å². The highest BCUT2D eigenvalue weighted by molar-refractivity contribution is 7.88. The van der Waals surface area contributed by atoms with Crippen LogP contribution in [0.15, 0.2) is 67.3 Å². The molecule has 1 unspecified atom stereocenters. The number of amides is 1. The Balaban J connectivity index is 1.72. The lowest BCUT2D eigenvalue weighted by Gasteiger charge is -2.28. The third-order valence-electron chi connectivity index (χ3n) is 4.32. The van der Waals surface area contributed by atoms with Gasteiger partial charge in [-0.2, -0.15) is 9.82 Å². The molecule has 164 valence electrons. The second-order valence-electron chi connectivity index (χ2n) is 6.94. The third kappa shape index (κ3) is 6.10. The second-order valence-corrected chi connectivity index (χ2v) is 8.66. The minimum atomic E-state index is -3.86. The van der Waals surface area contributed by atoms with Crippen molar-refractivity contribution in [2.24, 2.45) is 0 Å². The molecule has 0 aliphatic rings. The van der Waals surface area contributed by atoms with Gasteiger partial charge < -0.3 is 4.74 Å². The van der Waals surface area contributed by atoms with Gasteiger partial charge in [0.05, 0.1) is 18.6 Å². The molecule has 1 amide bonds. The van der Waals surface area contributed by atoms with Crippen LogP contribution >= 0.6 is 0 Å². The zero-order chi connectivity index (χ0) is 22.3. The summed E-state index contributed by atoms with van der Waals surface area (Å²) in [6, 6.07) is 15.6. The van der Waals surface area contributed by atoms with E-state index in [1.165, 1.54) is 20.4 Å². The van der Waals surface area contributed by atoms with Gasteiger partial charge in [0.1, 0.15) is 30.5 Å². The molecule has 2 N–H and O–H groups in total. The van der Waals surface area contributed by atoms with E-state index in [1.807, 2.05) is 0 Å². The summed E-state index contributed by atoms with van der Waals surface area (Å²) in [4.78, 5) is 21.1. The fourth-order valence-electron chi connectivity index (χ4n) is 2.78. The predicted octanol–water partition coefficient (Wildman–Crippen LogP) is 1.20. The third-order valence-corrected chi connectivity index (χ3v) is 5.80. The number of nitrogens with zero attached hydrogens (tertiary/aromatic N) is 3. The molecule has 0 aliphatic carbocycles. The average Bonchev–Trinajstić information content (AvgIpc) is 3.28. The maximum absolute atomic E-state index is 12.7. The van der Waals surface area contributed by atoms with Crippen LogP contribution in [0.3, 0.4) is 0 Å². The number of rotatable bonds is 10. The number of hydroxylamine groups is 1. The van der Waals surface area contributed by atoms with Crippen LogP contribution in [0, 0.1) is 0 Å². The number of sulfonamides is 1. The topological polar surface area (TPSA) is 124 Å². The molecule has 0 fully saturated rings. The van der Waals surface area contributed by atoms with E-state index in [4.69, 9.17) is 4.74 Å². The molecule has 3 aromatic rings. The second kappa shape index (κ2) is 9.69. The fourth-order valence-corrected chi connectivity index (χ4v) is 4.33. The SMILES string of the molecule is CONC(=O)C(C)(COc1ccc(-n2cncn2)cc1)NS(=O)(=O)Cc1ccccc1. The monoisotopic (exact) mass is 445 g/mol. The summed E-state index contributed by atoms with van der Waals surface area (Å²) in [5.74, 6) is -0.524. The normalized spacial score (nSPS) is 13.4. The predicted molar refractivity (Wildman–Crippen MR) is 113 cm³/mol. The van der Waals surface area contributed by atoms with E-state index in [2.05, 4.69) is 25.1 Å². The van der Waals surface area contributed by atoms with E-state index < -0.39 is 21.5 Å². The van der Waals surface area contributed by atoms with Crippen molar-refractivity contribution in [3.05, 3.63) is 72.8 Å². The number of ether oxygens (including phenoxy) is 1. The van der Waals surface area contributed by atoms with E-state index in [-0.39, 0.29) is 12.4 Å². The molecule has 1 heterocycles. The van der Waals surface area contributed by atoms with Gasteiger partial charge in [-0.1, -0.05) is 30.3 Å². The fraction of sp³-hybridized carbons (Fsp3) is 0.250. The zero-order valence-corrected chi connectivity index (χ0v) is 17.9. The number of carbonyl (C=O) groups is 1. The van der Waals surface area contributed by atoms with Crippen LogP contribution in [-0.2, 0) is 25.4 Å². The molecular formula is C20H23N5O5S. The Morgan fingerprint density at radius 3 is 2.45 bits per heavy atom. The number of nitrogens with one attached hydrogen (secondary N) is 2. The summed E-state index contributed by atoms with van der Waals surface area (Å²) in [6.07, 6.45) is 2.98. The molecule has 31 heavy (non-hydrogen) atoms. The van der Waals surface area contributed by atoms with Gasteiger partial charge in [0, 0.05) is 0 Å².